The van der Waals surface area contributed by atoms with Crippen LogP contribution in [0.3, 0.4) is 0 Å². The molecule has 0 aromatic heterocycles. The Morgan fingerprint density at radius 2 is 1.81 bits per heavy atom. The summed E-state index contributed by atoms with van der Waals surface area (Å²) in [5.74, 6) is 0.292. The van der Waals surface area contributed by atoms with Crippen LogP contribution in [0.15, 0.2) is 42.5 Å². The number of benzene rings is 2. The van der Waals surface area contributed by atoms with Crippen molar-refractivity contribution in [3.8, 4) is 5.75 Å². The predicted octanol–water partition coefficient (Wildman–Crippen LogP) is 4.56. The maximum Gasteiger partial charge on any atom is 0.318 e. The highest BCUT2D eigenvalue weighted by molar-refractivity contribution is 5.74. The molecule has 0 radical (unpaired) electrons. The molecular formula is C25H31F2N3O2. The van der Waals surface area contributed by atoms with Gasteiger partial charge in [-0.2, -0.15) is 0 Å². The van der Waals surface area contributed by atoms with Crippen LogP contribution in [0.25, 0.3) is 0 Å². The third kappa shape index (κ3) is 6.19. The fourth-order valence-electron chi connectivity index (χ4n) is 3.99. The Hall–Kier alpha value is -2.67. The molecule has 2 aliphatic rings. The fourth-order valence-corrected chi connectivity index (χ4v) is 3.99. The van der Waals surface area contributed by atoms with E-state index in [-0.39, 0.29) is 18.6 Å². The maximum absolute atomic E-state index is 14.3. The second-order valence-corrected chi connectivity index (χ2v) is 8.96. The van der Waals surface area contributed by atoms with Crippen LogP contribution in [0.2, 0.25) is 0 Å². The fraction of sp³-hybridized carbons (Fsp3) is 0.480. The molecule has 1 aliphatic carbocycles. The highest BCUT2D eigenvalue weighted by Gasteiger charge is 2.28. The lowest BCUT2D eigenvalue weighted by molar-refractivity contribution is 0.126. The van der Waals surface area contributed by atoms with Crippen LogP contribution in [0, 0.1) is 17.6 Å². The molecular weight excluding hydrogens is 412 g/mol. The van der Waals surface area contributed by atoms with Crippen molar-refractivity contribution in [2.75, 3.05) is 26.7 Å². The van der Waals surface area contributed by atoms with Gasteiger partial charge < -0.3 is 19.9 Å². The van der Waals surface area contributed by atoms with Crippen molar-refractivity contribution >= 4 is 6.03 Å². The van der Waals surface area contributed by atoms with Crippen LogP contribution < -0.4 is 10.1 Å². The Morgan fingerprint density at radius 1 is 1.09 bits per heavy atom. The van der Waals surface area contributed by atoms with Gasteiger partial charge in [0.05, 0.1) is 13.2 Å². The van der Waals surface area contributed by atoms with Gasteiger partial charge in [0.15, 0.2) is 0 Å². The van der Waals surface area contributed by atoms with E-state index in [1.54, 1.807) is 4.90 Å². The molecule has 1 heterocycles. The van der Waals surface area contributed by atoms with E-state index in [0.717, 1.165) is 49.9 Å². The van der Waals surface area contributed by atoms with E-state index in [4.69, 9.17) is 4.74 Å². The van der Waals surface area contributed by atoms with Crippen LogP contribution in [0.1, 0.15) is 36.8 Å². The molecule has 2 aromatic carbocycles. The Balaban J connectivity index is 1.38. The zero-order chi connectivity index (χ0) is 22.5. The lowest BCUT2D eigenvalue weighted by Gasteiger charge is -2.37. The summed E-state index contributed by atoms with van der Waals surface area (Å²) in [5.41, 5.74) is 1.28. The van der Waals surface area contributed by atoms with E-state index in [1.807, 2.05) is 24.3 Å². The highest BCUT2D eigenvalue weighted by Crippen LogP contribution is 2.29. The molecule has 1 saturated heterocycles. The molecule has 172 valence electrons. The Bertz CT molecular complexity index is 910. The van der Waals surface area contributed by atoms with Gasteiger partial charge in [0.1, 0.15) is 17.4 Å². The first-order valence-corrected chi connectivity index (χ1v) is 11.4. The second-order valence-electron chi connectivity index (χ2n) is 8.96. The largest absolute Gasteiger partial charge is 0.493 e. The highest BCUT2D eigenvalue weighted by atomic mass is 19.1. The van der Waals surface area contributed by atoms with Gasteiger partial charge in [-0.05, 0) is 75.5 Å². The first kappa shape index (κ1) is 22.5. The van der Waals surface area contributed by atoms with Crippen molar-refractivity contribution in [3.05, 3.63) is 65.2 Å². The Labute approximate surface area is 188 Å². The van der Waals surface area contributed by atoms with Gasteiger partial charge in [-0.3, -0.25) is 0 Å². The molecule has 0 atom stereocenters. The average Bonchev–Trinajstić information content (AvgIpc) is 3.62. The van der Waals surface area contributed by atoms with Crippen molar-refractivity contribution in [1.82, 2.24) is 15.1 Å². The van der Waals surface area contributed by atoms with Crippen LogP contribution >= 0.6 is 0 Å². The number of carbonyl (C=O) groups excluding carboxylic acids is 1. The number of nitrogens with zero attached hydrogens (tertiary/aromatic N) is 2. The smallest absolute Gasteiger partial charge is 0.318 e. The van der Waals surface area contributed by atoms with Gasteiger partial charge in [-0.15, -0.1) is 0 Å². The molecule has 32 heavy (non-hydrogen) atoms. The minimum atomic E-state index is -0.627. The van der Waals surface area contributed by atoms with E-state index in [9.17, 15) is 13.6 Å². The summed E-state index contributed by atoms with van der Waals surface area (Å²) < 4.78 is 33.4. The lowest BCUT2D eigenvalue weighted by atomic mass is 10.0. The van der Waals surface area contributed by atoms with Crippen molar-refractivity contribution < 1.29 is 18.3 Å². The third-order valence-corrected chi connectivity index (χ3v) is 6.30. The summed E-state index contributed by atoms with van der Waals surface area (Å²) in [5, 5.41) is 2.97. The average molecular weight is 444 g/mol. The van der Waals surface area contributed by atoms with Crippen molar-refractivity contribution in [1.29, 1.82) is 0 Å². The van der Waals surface area contributed by atoms with E-state index < -0.39 is 11.6 Å². The number of piperidine rings is 1. The van der Waals surface area contributed by atoms with Gasteiger partial charge in [-0.1, -0.05) is 18.2 Å². The van der Waals surface area contributed by atoms with Crippen molar-refractivity contribution in [2.45, 2.75) is 44.8 Å². The van der Waals surface area contributed by atoms with Gasteiger partial charge in [0.2, 0.25) is 0 Å². The number of nitrogens with one attached hydrogen (secondary N) is 1. The number of halogens is 2. The molecule has 5 nitrogen and oxygen atoms in total. The van der Waals surface area contributed by atoms with Crippen LogP contribution in [0.5, 0.6) is 5.75 Å². The molecule has 2 fully saturated rings. The normalized spacial score (nSPS) is 17.2. The first-order chi connectivity index (χ1) is 15.5. The maximum atomic E-state index is 14.3. The number of hydrogen-bond donors (Lipinski definition) is 1. The molecule has 1 aliphatic heterocycles. The van der Waals surface area contributed by atoms with E-state index in [0.29, 0.717) is 18.0 Å². The van der Waals surface area contributed by atoms with E-state index >= 15 is 0 Å². The van der Waals surface area contributed by atoms with E-state index in [1.165, 1.54) is 25.0 Å². The number of likely N-dealkylation sites (tertiary alicyclic amines) is 1. The molecule has 1 N–H and O–H groups in total. The summed E-state index contributed by atoms with van der Waals surface area (Å²) in [6.45, 7) is 3.00. The number of urea groups is 1. The second kappa shape index (κ2) is 10.3. The number of hydrogen-bond acceptors (Lipinski definition) is 3. The summed E-state index contributed by atoms with van der Waals surface area (Å²) in [6, 6.07) is 11.0. The Morgan fingerprint density at radius 3 is 2.47 bits per heavy atom. The third-order valence-electron chi connectivity index (χ3n) is 6.30. The molecule has 1 saturated carbocycles. The van der Waals surface area contributed by atoms with Crippen LogP contribution in [-0.4, -0.2) is 48.6 Å². The molecule has 2 amide bonds. The van der Waals surface area contributed by atoms with Crippen molar-refractivity contribution in [3.63, 3.8) is 0 Å². The van der Waals surface area contributed by atoms with Gasteiger partial charge in [0.25, 0.3) is 0 Å². The van der Waals surface area contributed by atoms with Gasteiger partial charge in [0, 0.05) is 24.2 Å². The van der Waals surface area contributed by atoms with Gasteiger partial charge >= 0.3 is 6.03 Å². The number of rotatable bonds is 8. The first-order valence-electron chi connectivity index (χ1n) is 11.4. The predicted molar refractivity (Wildman–Crippen MR) is 119 cm³/mol. The van der Waals surface area contributed by atoms with Crippen LogP contribution in [-0.2, 0) is 13.1 Å². The lowest BCUT2D eigenvalue weighted by Crippen LogP contribution is -2.49. The number of ether oxygens (including phenoxy) is 1. The molecule has 0 unspecified atom stereocenters. The van der Waals surface area contributed by atoms with Crippen LogP contribution in [0.4, 0.5) is 13.6 Å². The molecule has 2 aromatic rings. The Kier molecular flexibility index (Phi) is 7.25. The SMILES string of the molecule is CN1CCC(N(Cc2ccc(F)cc2F)C(=O)NCc2ccc(OCC3CC3)cc2)CC1. The topological polar surface area (TPSA) is 44.8 Å². The summed E-state index contributed by atoms with van der Waals surface area (Å²) in [6.07, 6.45) is 4.14. The monoisotopic (exact) mass is 443 g/mol. The molecule has 4 rings (SSSR count). The quantitative estimate of drug-likeness (QED) is 0.651. The summed E-state index contributed by atoms with van der Waals surface area (Å²) in [7, 11) is 2.05. The molecule has 7 heteroatoms. The standard InChI is InChI=1S/C25H31F2N3O2/c1-29-12-10-22(11-13-29)30(16-20-6-7-21(26)14-24(20)27)25(31)28-15-18-4-8-23(9-5-18)32-17-19-2-3-19/h4-9,14,19,22H,2-3,10-13,15-17H2,1H3,(H,28,31). The van der Waals surface area contributed by atoms with E-state index in [2.05, 4.69) is 17.3 Å². The summed E-state index contributed by atoms with van der Waals surface area (Å²) >= 11 is 0. The molecule has 0 spiro atoms. The number of carbonyl (C=O) groups is 1. The minimum Gasteiger partial charge on any atom is -0.493 e. The van der Waals surface area contributed by atoms with Gasteiger partial charge in [-0.25, -0.2) is 13.6 Å². The van der Waals surface area contributed by atoms with Crippen molar-refractivity contribution in [2.24, 2.45) is 5.92 Å². The molecule has 0 bridgehead atoms. The zero-order valence-corrected chi connectivity index (χ0v) is 18.5. The summed E-state index contributed by atoms with van der Waals surface area (Å²) in [4.78, 5) is 17.0. The minimum absolute atomic E-state index is 0.00820. The zero-order valence-electron chi connectivity index (χ0n) is 18.5. The number of amides is 2.